The molecule has 4 atom stereocenters. The van der Waals surface area contributed by atoms with Crippen LogP contribution in [0.5, 0.6) is 0 Å². The summed E-state index contributed by atoms with van der Waals surface area (Å²) in [6.07, 6.45) is -2.89. The summed E-state index contributed by atoms with van der Waals surface area (Å²) in [6.45, 7) is -0.918. The molecule has 0 amide bonds. The Morgan fingerprint density at radius 1 is 1.00 bits per heavy atom. The minimum absolute atomic E-state index is 0.0604. The smallest absolute Gasteiger partial charge is 0.362 e. The average Bonchev–Trinajstić information content (AvgIpc) is 3.39. The number of nitrogens with zero attached hydrogens (tertiary/aromatic N) is 10. The number of fused-ring (bicyclic) bond motifs is 1. The van der Waals surface area contributed by atoms with Crippen LogP contribution in [0.4, 0.5) is 23.7 Å². The van der Waals surface area contributed by atoms with Crippen molar-refractivity contribution in [1.82, 2.24) is 34.5 Å². The van der Waals surface area contributed by atoms with Gasteiger partial charge >= 0.3 is 7.60 Å². The van der Waals surface area contributed by atoms with Gasteiger partial charge < -0.3 is 50.3 Å². The fraction of sp³-hybridized carbons (Fsp3) is 0.579. The Morgan fingerprint density at radius 3 is 1.89 bits per heavy atom. The lowest BCUT2D eigenvalue weighted by molar-refractivity contribution is -0.0594. The molecule has 0 aliphatic carbocycles. The first-order valence-corrected chi connectivity index (χ1v) is 12.7. The number of aromatic nitrogens is 7. The molecule has 0 bridgehead atoms. The van der Waals surface area contributed by atoms with Gasteiger partial charge in [-0.2, -0.15) is 15.0 Å². The van der Waals surface area contributed by atoms with Crippen LogP contribution in [0.15, 0.2) is 12.7 Å². The van der Waals surface area contributed by atoms with E-state index in [1.54, 1.807) is 0 Å². The molecular weight excluding hydrogens is 525 g/mol. The molecule has 0 unspecified atom stereocenters. The number of imidazole rings is 1. The zero-order valence-electron chi connectivity index (χ0n) is 21.6. The fourth-order valence-electron chi connectivity index (χ4n) is 3.50. The second-order valence-electron chi connectivity index (χ2n) is 8.97. The highest BCUT2D eigenvalue weighted by atomic mass is 31.2. The number of nitrogen functional groups attached to an aromatic ring is 1. The molecule has 3 aromatic rings. The number of hydrogen-bond acceptors (Lipinski definition) is 15. The van der Waals surface area contributed by atoms with Gasteiger partial charge in [0.15, 0.2) is 17.7 Å². The van der Waals surface area contributed by atoms with Crippen molar-refractivity contribution < 1.29 is 34.4 Å². The first kappa shape index (κ1) is 29.3. The predicted octanol–water partition coefficient (Wildman–Crippen LogP) is -2.40. The topological polar surface area (TPSA) is 245 Å². The highest BCUT2D eigenvalue weighted by molar-refractivity contribution is 7.53. The van der Waals surface area contributed by atoms with Crippen molar-refractivity contribution in [3.8, 4) is 0 Å². The maximum absolute atomic E-state index is 11.6. The monoisotopic (exact) mass is 557 g/mol. The molecule has 4 rings (SSSR count). The summed E-state index contributed by atoms with van der Waals surface area (Å²) in [5.74, 6) is 2.05. The van der Waals surface area contributed by atoms with Gasteiger partial charge in [0.25, 0.3) is 0 Å². The van der Waals surface area contributed by atoms with Crippen molar-refractivity contribution in [3.05, 3.63) is 12.7 Å². The van der Waals surface area contributed by atoms with E-state index in [2.05, 4.69) is 29.9 Å². The Kier molecular flexibility index (Phi) is 8.37. The van der Waals surface area contributed by atoms with E-state index >= 15 is 0 Å². The van der Waals surface area contributed by atoms with E-state index in [1.165, 1.54) is 6.33 Å². The Hall–Kier alpha value is -3.25. The van der Waals surface area contributed by atoms with Crippen LogP contribution in [0.1, 0.15) is 6.23 Å². The summed E-state index contributed by atoms with van der Waals surface area (Å²) in [5.41, 5.74) is 5.96. The molecule has 0 spiro atoms. The highest BCUT2D eigenvalue weighted by Crippen LogP contribution is 2.59. The molecular formula is C19H32N11O7P. The maximum Gasteiger partial charge on any atom is 0.362 e. The molecule has 1 saturated heterocycles. The van der Waals surface area contributed by atoms with Gasteiger partial charge in [0.05, 0.1) is 12.9 Å². The van der Waals surface area contributed by atoms with Gasteiger partial charge in [-0.15, -0.1) is 0 Å². The summed E-state index contributed by atoms with van der Waals surface area (Å²) >= 11 is 0. The van der Waals surface area contributed by atoms with Gasteiger partial charge in [-0.3, -0.25) is 9.13 Å². The molecule has 210 valence electrons. The third-order valence-corrected chi connectivity index (χ3v) is 7.06. The molecule has 0 radical (unpaired) electrons. The van der Waals surface area contributed by atoms with Crippen molar-refractivity contribution in [2.24, 2.45) is 0 Å². The predicted molar refractivity (Wildman–Crippen MR) is 137 cm³/mol. The Balaban J connectivity index is 0.000000232. The number of hydrogen-bond donors (Lipinski definition) is 6. The van der Waals surface area contributed by atoms with Gasteiger partial charge in [-0.05, 0) is 0 Å². The number of ether oxygens (including phenoxy) is 1. The molecule has 7 N–H and O–H groups in total. The number of aliphatic hydroxyl groups is 3. The SMILES string of the molecule is CN(C)c1nc(N(C)C)nc(N(C)C)n1.Nc1ncnc2c1ncn2[C@@H]1O[C@H](CO)[C@](O)(P(=O)(O)O)[C@H]1O. The van der Waals surface area contributed by atoms with Crippen LogP contribution < -0.4 is 20.4 Å². The van der Waals surface area contributed by atoms with Crippen molar-refractivity contribution >= 4 is 42.4 Å². The summed E-state index contributed by atoms with van der Waals surface area (Å²) in [4.78, 5) is 48.9. The van der Waals surface area contributed by atoms with Gasteiger partial charge in [0, 0.05) is 42.3 Å². The lowest BCUT2D eigenvalue weighted by Crippen LogP contribution is -2.48. The summed E-state index contributed by atoms with van der Waals surface area (Å²) in [7, 11) is 6.23. The standard InChI is InChI=1S/C10H14N5O7P.C9H18N6/c11-7-5-8(13-2-12-7)15(3-14-5)9-6(17)10(18,23(19,20)21)4(1-16)22-9;1-13(2)7-10-8(14(3)4)12-9(11-7)15(5)6/h2-4,6,9,16-18H,1H2,(H2,11,12,13)(H2,19,20,21);1-6H3/t4-,6+,9-,10+;/m1./s1. The molecule has 3 aromatic heterocycles. The average molecular weight is 558 g/mol. The van der Waals surface area contributed by atoms with Gasteiger partial charge in [-0.25, -0.2) is 15.0 Å². The van der Waals surface area contributed by atoms with E-state index in [0.29, 0.717) is 17.8 Å². The van der Waals surface area contributed by atoms with E-state index in [9.17, 15) is 29.7 Å². The summed E-state index contributed by atoms with van der Waals surface area (Å²) in [5, 5.41) is 26.8. The first-order valence-electron chi connectivity index (χ1n) is 11.1. The zero-order chi connectivity index (χ0) is 28.6. The number of rotatable bonds is 6. The van der Waals surface area contributed by atoms with E-state index in [1.807, 2.05) is 57.0 Å². The van der Waals surface area contributed by atoms with Crippen LogP contribution >= 0.6 is 7.60 Å². The van der Waals surface area contributed by atoms with Gasteiger partial charge in [-0.1, -0.05) is 0 Å². The third kappa shape index (κ3) is 5.32. The van der Waals surface area contributed by atoms with Gasteiger partial charge in [0.1, 0.15) is 24.1 Å². The molecule has 1 fully saturated rings. The van der Waals surface area contributed by atoms with Crippen molar-refractivity contribution in [3.63, 3.8) is 0 Å². The minimum atomic E-state index is -5.23. The molecule has 18 nitrogen and oxygen atoms in total. The van der Waals surface area contributed by atoms with Crippen LogP contribution in [-0.2, 0) is 9.30 Å². The van der Waals surface area contributed by atoms with Crippen LogP contribution in [0.25, 0.3) is 11.2 Å². The second kappa shape index (κ2) is 10.9. The van der Waals surface area contributed by atoms with E-state index < -0.39 is 38.0 Å². The molecule has 38 heavy (non-hydrogen) atoms. The molecule has 0 saturated carbocycles. The molecule has 19 heteroatoms. The lowest BCUT2D eigenvalue weighted by atomic mass is 10.1. The van der Waals surface area contributed by atoms with E-state index in [-0.39, 0.29) is 17.0 Å². The Bertz CT molecular complexity index is 1250. The van der Waals surface area contributed by atoms with E-state index in [4.69, 9.17) is 10.5 Å². The van der Waals surface area contributed by atoms with Crippen LogP contribution in [-0.4, -0.2) is 126 Å². The van der Waals surface area contributed by atoms with Crippen molar-refractivity contribution in [2.45, 2.75) is 23.8 Å². The highest BCUT2D eigenvalue weighted by Gasteiger charge is 2.66. The van der Waals surface area contributed by atoms with Crippen molar-refractivity contribution in [1.29, 1.82) is 0 Å². The van der Waals surface area contributed by atoms with Crippen molar-refractivity contribution in [2.75, 3.05) is 69.3 Å². The van der Waals surface area contributed by atoms with Crippen LogP contribution in [0.2, 0.25) is 0 Å². The number of anilines is 4. The summed E-state index contributed by atoms with van der Waals surface area (Å²) < 4.78 is 18.0. The molecule has 1 aliphatic heterocycles. The molecule has 4 heterocycles. The quantitative estimate of drug-likeness (QED) is 0.173. The van der Waals surface area contributed by atoms with Crippen LogP contribution in [0.3, 0.4) is 0 Å². The van der Waals surface area contributed by atoms with Gasteiger partial charge in [0.2, 0.25) is 23.2 Å². The van der Waals surface area contributed by atoms with E-state index in [0.717, 1.165) is 10.9 Å². The molecule has 0 aromatic carbocycles. The Morgan fingerprint density at radius 2 is 1.50 bits per heavy atom. The van der Waals surface area contributed by atoms with Crippen LogP contribution in [0, 0.1) is 0 Å². The minimum Gasteiger partial charge on any atom is -0.394 e. The normalized spacial score (nSPS) is 23.2. The fourth-order valence-corrected chi connectivity index (χ4v) is 4.49. The molecule has 1 aliphatic rings. The third-order valence-electron chi connectivity index (χ3n) is 5.58. The lowest BCUT2D eigenvalue weighted by Gasteiger charge is -2.30. The maximum atomic E-state index is 11.6. The number of aliphatic hydroxyl groups excluding tert-OH is 2. The first-order chi connectivity index (χ1) is 17.6. The largest absolute Gasteiger partial charge is 0.394 e. The summed E-state index contributed by atoms with van der Waals surface area (Å²) in [6, 6.07) is 0. The second-order valence-corrected chi connectivity index (χ2v) is 10.8. The zero-order valence-corrected chi connectivity index (χ0v) is 22.5. The number of nitrogens with two attached hydrogens (primary N) is 1. The Labute approximate surface area is 217 Å².